The first-order valence-corrected chi connectivity index (χ1v) is 13.3. The molecule has 0 aliphatic carbocycles. The third-order valence-electron chi connectivity index (χ3n) is 5.76. The van der Waals surface area contributed by atoms with Gasteiger partial charge in [-0.25, -0.2) is 13.2 Å². The van der Waals surface area contributed by atoms with Gasteiger partial charge in [-0.05, 0) is 55.3 Å². The SMILES string of the molecule is NC(=O)CCCC(O)NC(=O)Nc1ccc(S(=O)(=O)N2CCN(c3cc(Cl)cc(C(F)(F)F)c3)CC2)cc1. The molecule has 1 fully saturated rings. The van der Waals surface area contributed by atoms with Crippen LogP contribution in [-0.4, -0.2) is 62.2 Å². The summed E-state index contributed by atoms with van der Waals surface area (Å²) in [6.07, 6.45) is -5.25. The second kappa shape index (κ2) is 12.2. The van der Waals surface area contributed by atoms with E-state index in [-0.39, 0.29) is 60.3 Å². The summed E-state index contributed by atoms with van der Waals surface area (Å²) in [7, 11) is -3.89. The molecule has 208 valence electrons. The first kappa shape index (κ1) is 29.5. The Labute approximate surface area is 222 Å². The Morgan fingerprint density at radius 2 is 1.71 bits per heavy atom. The molecule has 1 saturated heterocycles. The number of sulfonamides is 1. The molecule has 1 aliphatic heterocycles. The fraction of sp³-hybridized carbons (Fsp3) is 0.391. The summed E-state index contributed by atoms with van der Waals surface area (Å²) in [5.74, 6) is -0.515. The highest BCUT2D eigenvalue weighted by molar-refractivity contribution is 7.89. The highest BCUT2D eigenvalue weighted by Crippen LogP contribution is 2.35. The Morgan fingerprint density at radius 3 is 2.29 bits per heavy atom. The lowest BCUT2D eigenvalue weighted by molar-refractivity contribution is -0.137. The lowest BCUT2D eigenvalue weighted by atomic mass is 10.1. The van der Waals surface area contributed by atoms with E-state index in [1.165, 1.54) is 34.6 Å². The van der Waals surface area contributed by atoms with Crippen LogP contribution in [0.1, 0.15) is 24.8 Å². The van der Waals surface area contributed by atoms with E-state index in [1.54, 1.807) is 4.90 Å². The molecular weight excluding hydrogens is 551 g/mol. The number of aliphatic hydroxyl groups excluding tert-OH is 1. The molecule has 0 spiro atoms. The van der Waals surface area contributed by atoms with Crippen LogP contribution in [0.3, 0.4) is 0 Å². The summed E-state index contributed by atoms with van der Waals surface area (Å²) < 4.78 is 66.8. The number of piperazine rings is 1. The number of alkyl halides is 3. The van der Waals surface area contributed by atoms with E-state index in [0.29, 0.717) is 6.42 Å². The van der Waals surface area contributed by atoms with E-state index in [0.717, 1.165) is 12.1 Å². The highest BCUT2D eigenvalue weighted by atomic mass is 35.5. The Balaban J connectivity index is 1.57. The summed E-state index contributed by atoms with van der Waals surface area (Å²) in [5, 5.41) is 14.5. The van der Waals surface area contributed by atoms with Gasteiger partial charge in [-0.1, -0.05) is 11.6 Å². The molecular formula is C23H27ClF3N5O5S. The lowest BCUT2D eigenvalue weighted by Crippen LogP contribution is -2.48. The van der Waals surface area contributed by atoms with Gasteiger partial charge in [0.2, 0.25) is 15.9 Å². The number of anilines is 2. The van der Waals surface area contributed by atoms with Crippen LogP contribution in [-0.2, 0) is 21.0 Å². The summed E-state index contributed by atoms with van der Waals surface area (Å²) in [6.45, 7) is 0.426. The third-order valence-corrected chi connectivity index (χ3v) is 7.89. The maximum atomic E-state index is 13.1. The summed E-state index contributed by atoms with van der Waals surface area (Å²) in [4.78, 5) is 24.4. The number of primary amides is 1. The Kier molecular flexibility index (Phi) is 9.46. The predicted molar refractivity (Wildman–Crippen MR) is 135 cm³/mol. The first-order chi connectivity index (χ1) is 17.8. The number of halogens is 4. The van der Waals surface area contributed by atoms with Gasteiger partial charge in [0.25, 0.3) is 0 Å². The second-order valence-electron chi connectivity index (χ2n) is 8.58. The quantitative estimate of drug-likeness (QED) is 0.337. The maximum Gasteiger partial charge on any atom is 0.416 e. The van der Waals surface area contributed by atoms with E-state index in [2.05, 4.69) is 10.6 Å². The zero-order valence-corrected chi connectivity index (χ0v) is 21.6. The number of urea groups is 1. The number of hydrogen-bond acceptors (Lipinski definition) is 6. The minimum Gasteiger partial charge on any atom is -0.374 e. The molecule has 3 rings (SSSR count). The van der Waals surface area contributed by atoms with E-state index < -0.39 is 39.9 Å². The van der Waals surface area contributed by atoms with Crippen LogP contribution >= 0.6 is 11.6 Å². The summed E-state index contributed by atoms with van der Waals surface area (Å²) in [6, 6.07) is 7.89. The highest BCUT2D eigenvalue weighted by Gasteiger charge is 2.33. The molecule has 2 aromatic rings. The minimum atomic E-state index is -4.56. The van der Waals surface area contributed by atoms with Crippen LogP contribution in [0.15, 0.2) is 47.4 Å². The first-order valence-electron chi connectivity index (χ1n) is 11.5. The van der Waals surface area contributed by atoms with Crippen molar-refractivity contribution in [2.45, 2.75) is 36.6 Å². The molecule has 0 saturated carbocycles. The number of amides is 3. The predicted octanol–water partition coefficient (Wildman–Crippen LogP) is 2.97. The Morgan fingerprint density at radius 1 is 1.08 bits per heavy atom. The van der Waals surface area contributed by atoms with Crippen LogP contribution in [0.25, 0.3) is 0 Å². The van der Waals surface area contributed by atoms with Crippen LogP contribution in [0, 0.1) is 0 Å². The fourth-order valence-corrected chi connectivity index (χ4v) is 5.48. The van der Waals surface area contributed by atoms with Gasteiger partial charge in [-0.15, -0.1) is 0 Å². The molecule has 3 amide bonds. The normalized spacial score (nSPS) is 15.7. The number of carbonyl (C=O) groups excluding carboxylic acids is 2. The fourth-order valence-electron chi connectivity index (χ4n) is 3.83. The third kappa shape index (κ3) is 7.96. The largest absolute Gasteiger partial charge is 0.416 e. The van der Waals surface area contributed by atoms with Crippen molar-refractivity contribution >= 4 is 44.9 Å². The van der Waals surface area contributed by atoms with Gasteiger partial charge in [-0.2, -0.15) is 17.5 Å². The topological polar surface area (TPSA) is 145 Å². The number of aliphatic hydroxyl groups is 1. The molecule has 15 heteroatoms. The number of nitrogens with two attached hydrogens (primary N) is 1. The van der Waals surface area contributed by atoms with Crippen molar-refractivity contribution in [1.82, 2.24) is 9.62 Å². The lowest BCUT2D eigenvalue weighted by Gasteiger charge is -2.35. The molecule has 0 radical (unpaired) electrons. The van der Waals surface area contributed by atoms with E-state index in [1.807, 2.05) is 0 Å². The molecule has 1 atom stereocenters. The van der Waals surface area contributed by atoms with Crippen molar-refractivity contribution in [1.29, 1.82) is 0 Å². The van der Waals surface area contributed by atoms with Crippen molar-refractivity contribution in [3.63, 3.8) is 0 Å². The Hall–Kier alpha value is -3.07. The van der Waals surface area contributed by atoms with Crippen molar-refractivity contribution in [2.24, 2.45) is 5.73 Å². The van der Waals surface area contributed by atoms with Gasteiger partial charge in [0.15, 0.2) is 0 Å². The monoisotopic (exact) mass is 577 g/mol. The van der Waals surface area contributed by atoms with Crippen molar-refractivity contribution in [3.05, 3.63) is 53.1 Å². The average Bonchev–Trinajstić information content (AvgIpc) is 2.83. The van der Waals surface area contributed by atoms with Crippen LogP contribution < -0.4 is 21.3 Å². The summed E-state index contributed by atoms with van der Waals surface area (Å²) >= 11 is 5.87. The number of nitrogens with one attached hydrogen (secondary N) is 2. The van der Waals surface area contributed by atoms with Crippen LogP contribution in [0.2, 0.25) is 5.02 Å². The standard InChI is InChI=1S/C23H27ClF3N5O5S/c24-16-12-15(23(25,26)27)13-18(14-16)31-8-10-32(11-9-31)38(36,37)19-6-4-17(5-7-19)29-22(35)30-21(34)3-1-2-20(28)33/h4-7,12-14,21,34H,1-3,8-11H2,(H2,28,33)(H2,29,30,35). The molecule has 2 aromatic carbocycles. The molecule has 1 heterocycles. The van der Waals surface area contributed by atoms with Crippen LogP contribution in [0.4, 0.5) is 29.3 Å². The number of carbonyl (C=O) groups is 2. The second-order valence-corrected chi connectivity index (χ2v) is 11.0. The van der Waals surface area contributed by atoms with Gasteiger partial charge in [0, 0.05) is 49.0 Å². The molecule has 0 bridgehead atoms. The molecule has 10 nitrogen and oxygen atoms in total. The molecule has 5 N–H and O–H groups in total. The molecule has 1 unspecified atom stereocenters. The zero-order valence-electron chi connectivity index (χ0n) is 20.0. The van der Waals surface area contributed by atoms with E-state index in [4.69, 9.17) is 17.3 Å². The maximum absolute atomic E-state index is 13.1. The van der Waals surface area contributed by atoms with Crippen molar-refractivity contribution in [3.8, 4) is 0 Å². The van der Waals surface area contributed by atoms with Gasteiger partial charge < -0.3 is 26.4 Å². The van der Waals surface area contributed by atoms with Gasteiger partial charge in [0.1, 0.15) is 6.23 Å². The number of nitrogens with zero attached hydrogens (tertiary/aromatic N) is 2. The molecule has 38 heavy (non-hydrogen) atoms. The smallest absolute Gasteiger partial charge is 0.374 e. The summed E-state index contributed by atoms with van der Waals surface area (Å²) in [5.41, 5.74) is 4.67. The van der Waals surface area contributed by atoms with Crippen LogP contribution in [0.5, 0.6) is 0 Å². The van der Waals surface area contributed by atoms with Crippen molar-refractivity contribution < 1.29 is 36.3 Å². The van der Waals surface area contributed by atoms with E-state index >= 15 is 0 Å². The van der Waals surface area contributed by atoms with Crippen molar-refractivity contribution in [2.75, 3.05) is 36.4 Å². The molecule has 1 aliphatic rings. The minimum absolute atomic E-state index is 0.0227. The number of rotatable bonds is 9. The van der Waals surface area contributed by atoms with E-state index in [9.17, 15) is 36.3 Å². The number of hydrogen-bond donors (Lipinski definition) is 4. The average molecular weight is 578 g/mol. The zero-order chi connectivity index (χ0) is 28.1. The Bertz CT molecular complexity index is 1250. The van der Waals surface area contributed by atoms with Gasteiger partial charge in [-0.3, -0.25) is 4.79 Å². The molecule has 0 aromatic heterocycles. The number of benzene rings is 2. The van der Waals surface area contributed by atoms with Gasteiger partial charge in [0.05, 0.1) is 10.5 Å². The van der Waals surface area contributed by atoms with Gasteiger partial charge >= 0.3 is 12.2 Å².